The van der Waals surface area contributed by atoms with Crippen LogP contribution in [0.3, 0.4) is 0 Å². The van der Waals surface area contributed by atoms with Gasteiger partial charge in [-0.25, -0.2) is 0 Å². The van der Waals surface area contributed by atoms with Gasteiger partial charge in [0.2, 0.25) is 11.8 Å². The summed E-state index contributed by atoms with van der Waals surface area (Å²) in [5.41, 5.74) is 2.09. The molecule has 0 unspecified atom stereocenters. The third kappa shape index (κ3) is 4.75. The highest BCUT2D eigenvalue weighted by molar-refractivity contribution is 5.94. The standard InChI is InChI=1S/C21H30N4O2/c1-15(2)19-23-22-18(27-19)14-24-10-12-25(13-11-24)20(26)16-6-8-17(9-7-16)21(3,4)5/h6-9,15H,10-14H2,1-5H3. The smallest absolute Gasteiger partial charge is 0.253 e. The van der Waals surface area contributed by atoms with Crippen LogP contribution in [0.1, 0.15) is 68.2 Å². The van der Waals surface area contributed by atoms with Crippen molar-refractivity contribution in [1.29, 1.82) is 0 Å². The highest BCUT2D eigenvalue weighted by Crippen LogP contribution is 2.23. The predicted molar refractivity (Wildman–Crippen MR) is 105 cm³/mol. The van der Waals surface area contributed by atoms with Crippen LogP contribution in [0.2, 0.25) is 0 Å². The van der Waals surface area contributed by atoms with Crippen molar-refractivity contribution in [3.05, 3.63) is 47.2 Å². The first-order valence-electron chi connectivity index (χ1n) is 9.68. The molecule has 0 bridgehead atoms. The van der Waals surface area contributed by atoms with Gasteiger partial charge in [0.1, 0.15) is 0 Å². The number of hydrogen-bond donors (Lipinski definition) is 0. The maximum absolute atomic E-state index is 12.8. The number of benzene rings is 1. The molecule has 27 heavy (non-hydrogen) atoms. The monoisotopic (exact) mass is 370 g/mol. The van der Waals surface area contributed by atoms with Gasteiger partial charge in [-0.3, -0.25) is 9.69 Å². The summed E-state index contributed by atoms with van der Waals surface area (Å²) in [5.74, 6) is 1.68. The lowest BCUT2D eigenvalue weighted by Gasteiger charge is -2.34. The van der Waals surface area contributed by atoms with Crippen LogP contribution in [-0.4, -0.2) is 52.1 Å². The Labute approximate surface area is 161 Å². The zero-order chi connectivity index (χ0) is 19.6. The van der Waals surface area contributed by atoms with Crippen molar-refractivity contribution < 1.29 is 9.21 Å². The van der Waals surface area contributed by atoms with Crippen molar-refractivity contribution in [2.45, 2.75) is 52.5 Å². The minimum atomic E-state index is 0.0946. The summed E-state index contributed by atoms with van der Waals surface area (Å²) in [6.07, 6.45) is 0. The SMILES string of the molecule is CC(C)c1nnc(CN2CCN(C(=O)c3ccc(C(C)(C)C)cc3)CC2)o1. The van der Waals surface area contributed by atoms with Gasteiger partial charge in [0.15, 0.2) is 0 Å². The summed E-state index contributed by atoms with van der Waals surface area (Å²) in [6.45, 7) is 14.3. The van der Waals surface area contributed by atoms with E-state index in [1.54, 1.807) is 0 Å². The lowest BCUT2D eigenvalue weighted by atomic mass is 9.86. The van der Waals surface area contributed by atoms with Crippen LogP contribution >= 0.6 is 0 Å². The highest BCUT2D eigenvalue weighted by Gasteiger charge is 2.24. The van der Waals surface area contributed by atoms with E-state index in [9.17, 15) is 4.79 Å². The van der Waals surface area contributed by atoms with Crippen molar-refractivity contribution in [2.75, 3.05) is 26.2 Å². The first-order valence-corrected chi connectivity index (χ1v) is 9.68. The molecule has 1 aliphatic rings. The molecule has 0 saturated carbocycles. The zero-order valence-corrected chi connectivity index (χ0v) is 17.0. The molecule has 0 aliphatic carbocycles. The molecular weight excluding hydrogens is 340 g/mol. The van der Waals surface area contributed by atoms with Crippen LogP contribution in [0.25, 0.3) is 0 Å². The Balaban J connectivity index is 1.54. The summed E-state index contributed by atoms with van der Waals surface area (Å²) in [4.78, 5) is 17.0. The van der Waals surface area contributed by atoms with Crippen LogP contribution < -0.4 is 0 Å². The summed E-state index contributed by atoms with van der Waals surface area (Å²) in [5, 5.41) is 8.20. The zero-order valence-electron chi connectivity index (χ0n) is 17.0. The number of carbonyl (C=O) groups is 1. The first kappa shape index (κ1) is 19.5. The maximum Gasteiger partial charge on any atom is 0.253 e. The van der Waals surface area contributed by atoms with Crippen LogP contribution in [0.4, 0.5) is 0 Å². The number of carbonyl (C=O) groups excluding carboxylic acids is 1. The summed E-state index contributed by atoms with van der Waals surface area (Å²) >= 11 is 0. The van der Waals surface area contributed by atoms with Crippen molar-refractivity contribution >= 4 is 5.91 Å². The van der Waals surface area contributed by atoms with Crippen LogP contribution in [0, 0.1) is 0 Å². The predicted octanol–water partition coefficient (Wildman–Crippen LogP) is 3.45. The van der Waals surface area contributed by atoms with Gasteiger partial charge in [-0.2, -0.15) is 0 Å². The summed E-state index contributed by atoms with van der Waals surface area (Å²) in [7, 11) is 0. The summed E-state index contributed by atoms with van der Waals surface area (Å²) in [6, 6.07) is 8.01. The average Bonchev–Trinajstić information content (AvgIpc) is 3.10. The van der Waals surface area contributed by atoms with E-state index in [2.05, 4.69) is 48.0 Å². The Kier molecular flexibility index (Phi) is 5.65. The molecule has 6 heteroatoms. The van der Waals surface area contributed by atoms with Crippen LogP contribution in [-0.2, 0) is 12.0 Å². The Morgan fingerprint density at radius 2 is 1.70 bits per heavy atom. The van der Waals surface area contributed by atoms with Gasteiger partial charge in [0.25, 0.3) is 5.91 Å². The second-order valence-corrected chi connectivity index (χ2v) is 8.58. The van der Waals surface area contributed by atoms with Gasteiger partial charge < -0.3 is 9.32 Å². The van der Waals surface area contributed by atoms with E-state index in [1.165, 1.54) is 5.56 Å². The number of nitrogens with zero attached hydrogens (tertiary/aromatic N) is 4. The van der Waals surface area contributed by atoms with Gasteiger partial charge in [-0.1, -0.05) is 46.8 Å². The molecule has 1 aliphatic heterocycles. The van der Waals surface area contributed by atoms with E-state index >= 15 is 0 Å². The third-order valence-electron chi connectivity index (χ3n) is 4.99. The van der Waals surface area contributed by atoms with Crippen molar-refractivity contribution in [1.82, 2.24) is 20.0 Å². The second-order valence-electron chi connectivity index (χ2n) is 8.58. The lowest BCUT2D eigenvalue weighted by molar-refractivity contribution is 0.0617. The van der Waals surface area contributed by atoms with Gasteiger partial charge in [0.05, 0.1) is 6.54 Å². The van der Waals surface area contributed by atoms with Gasteiger partial charge in [-0.05, 0) is 23.1 Å². The van der Waals surface area contributed by atoms with Crippen molar-refractivity contribution in [3.63, 3.8) is 0 Å². The molecule has 1 saturated heterocycles. The Bertz CT molecular complexity index is 766. The first-order chi connectivity index (χ1) is 12.7. The van der Waals surface area contributed by atoms with Crippen LogP contribution in [0.15, 0.2) is 28.7 Å². The molecular formula is C21H30N4O2. The lowest BCUT2D eigenvalue weighted by Crippen LogP contribution is -2.48. The average molecular weight is 370 g/mol. The molecule has 0 radical (unpaired) electrons. The van der Waals surface area contributed by atoms with Crippen molar-refractivity contribution in [3.8, 4) is 0 Å². The molecule has 146 valence electrons. The van der Waals surface area contributed by atoms with E-state index in [4.69, 9.17) is 4.42 Å². The Morgan fingerprint density at radius 3 is 2.22 bits per heavy atom. The number of rotatable bonds is 4. The van der Waals surface area contributed by atoms with Gasteiger partial charge >= 0.3 is 0 Å². The second kappa shape index (κ2) is 7.80. The minimum Gasteiger partial charge on any atom is -0.424 e. The van der Waals surface area contributed by atoms with E-state index in [0.717, 1.165) is 18.7 Å². The Hall–Kier alpha value is -2.21. The van der Waals surface area contributed by atoms with Gasteiger partial charge in [-0.15, -0.1) is 10.2 Å². The fourth-order valence-corrected chi connectivity index (χ4v) is 3.16. The molecule has 1 amide bonds. The molecule has 6 nitrogen and oxygen atoms in total. The number of amides is 1. The van der Waals surface area contributed by atoms with Crippen molar-refractivity contribution in [2.24, 2.45) is 0 Å². The maximum atomic E-state index is 12.8. The number of hydrogen-bond acceptors (Lipinski definition) is 5. The molecule has 2 aromatic rings. The van der Waals surface area contributed by atoms with E-state index in [1.807, 2.05) is 30.9 Å². The quantitative estimate of drug-likeness (QED) is 0.825. The fraction of sp³-hybridized carbons (Fsp3) is 0.571. The molecule has 0 atom stereocenters. The van der Waals surface area contributed by atoms with Crippen LogP contribution in [0.5, 0.6) is 0 Å². The Morgan fingerprint density at radius 1 is 1.07 bits per heavy atom. The molecule has 0 N–H and O–H groups in total. The van der Waals surface area contributed by atoms with Gasteiger partial charge in [0, 0.05) is 37.7 Å². The number of piperazine rings is 1. The molecule has 3 rings (SSSR count). The largest absolute Gasteiger partial charge is 0.424 e. The fourth-order valence-electron chi connectivity index (χ4n) is 3.16. The minimum absolute atomic E-state index is 0.0946. The molecule has 1 aromatic heterocycles. The molecule has 1 aromatic carbocycles. The highest BCUT2D eigenvalue weighted by atomic mass is 16.4. The van der Waals surface area contributed by atoms with E-state index in [0.29, 0.717) is 31.4 Å². The topological polar surface area (TPSA) is 62.5 Å². The molecule has 1 fully saturated rings. The van der Waals surface area contributed by atoms with E-state index in [-0.39, 0.29) is 17.2 Å². The molecule has 0 spiro atoms. The number of aromatic nitrogens is 2. The third-order valence-corrected chi connectivity index (χ3v) is 4.99. The molecule has 2 heterocycles. The van der Waals surface area contributed by atoms with E-state index < -0.39 is 0 Å². The normalized spacial score (nSPS) is 16.1. The summed E-state index contributed by atoms with van der Waals surface area (Å²) < 4.78 is 5.69.